The number of hydrogen-bond donors (Lipinski definition) is 3. The summed E-state index contributed by atoms with van der Waals surface area (Å²) in [6, 6.07) is 8.93. The zero-order chi connectivity index (χ0) is 18.8. The molecule has 0 saturated heterocycles. The highest BCUT2D eigenvalue weighted by Crippen LogP contribution is 2.31. The van der Waals surface area contributed by atoms with Crippen molar-refractivity contribution in [3.8, 4) is 0 Å². The zero-order valence-electron chi connectivity index (χ0n) is 13.0. The van der Waals surface area contributed by atoms with Gasteiger partial charge in [-0.2, -0.15) is 0 Å². The molecule has 0 bridgehead atoms. The first kappa shape index (κ1) is 17.5. The first-order valence-electron chi connectivity index (χ1n) is 7.22. The number of nitrogens with zero attached hydrogens (tertiary/aromatic N) is 1. The second-order valence-electron chi connectivity index (χ2n) is 5.17. The third-order valence-corrected chi connectivity index (χ3v) is 4.42. The number of anilines is 3. The van der Waals surface area contributed by atoms with Gasteiger partial charge in [0, 0.05) is 5.69 Å². The van der Waals surface area contributed by atoms with E-state index in [0.717, 1.165) is 29.5 Å². The van der Waals surface area contributed by atoms with Crippen molar-refractivity contribution in [2.45, 2.75) is 0 Å². The lowest BCUT2D eigenvalue weighted by molar-refractivity contribution is 0.0696. The Morgan fingerprint density at radius 2 is 1.69 bits per heavy atom. The third kappa shape index (κ3) is 3.38. The molecule has 9 heteroatoms. The highest BCUT2D eigenvalue weighted by Gasteiger charge is 2.24. The van der Waals surface area contributed by atoms with Crippen LogP contribution in [0.5, 0.6) is 0 Å². The molecular formula is C17H11F2N3O3S. The number of carbonyl (C=O) groups is 2. The van der Waals surface area contributed by atoms with Crippen LogP contribution in [-0.4, -0.2) is 21.8 Å². The zero-order valence-corrected chi connectivity index (χ0v) is 13.8. The molecule has 132 valence electrons. The number of nitrogens with two attached hydrogens (primary N) is 1. The SMILES string of the molecule is Nc1nc(Nc2ccc(C(=O)O)cc2)sc1C(=O)c1c(F)cccc1F. The van der Waals surface area contributed by atoms with Crippen LogP contribution >= 0.6 is 11.3 Å². The van der Waals surface area contributed by atoms with Crippen LogP contribution in [0.15, 0.2) is 42.5 Å². The predicted molar refractivity (Wildman–Crippen MR) is 93.0 cm³/mol. The molecule has 0 unspecified atom stereocenters. The normalized spacial score (nSPS) is 10.5. The number of nitrogens with one attached hydrogen (secondary N) is 1. The van der Waals surface area contributed by atoms with Crippen molar-refractivity contribution in [2.75, 3.05) is 11.1 Å². The Bertz CT molecular complexity index is 983. The maximum absolute atomic E-state index is 13.8. The maximum Gasteiger partial charge on any atom is 0.335 e. The fraction of sp³-hybridized carbons (Fsp3) is 0. The number of aromatic carboxylic acids is 1. The molecule has 0 atom stereocenters. The summed E-state index contributed by atoms with van der Waals surface area (Å²) >= 11 is 0.839. The van der Waals surface area contributed by atoms with Gasteiger partial charge < -0.3 is 16.2 Å². The van der Waals surface area contributed by atoms with E-state index in [4.69, 9.17) is 10.8 Å². The molecule has 0 aliphatic rings. The lowest BCUT2D eigenvalue weighted by atomic mass is 10.1. The molecule has 1 heterocycles. The highest BCUT2D eigenvalue weighted by atomic mass is 32.1. The van der Waals surface area contributed by atoms with Crippen LogP contribution in [-0.2, 0) is 0 Å². The van der Waals surface area contributed by atoms with Gasteiger partial charge >= 0.3 is 5.97 Å². The molecule has 3 rings (SSSR count). The molecule has 2 aromatic carbocycles. The number of aromatic nitrogens is 1. The average molecular weight is 375 g/mol. The number of carboxylic acid groups (broad SMARTS) is 1. The number of carboxylic acids is 1. The number of hydrogen-bond acceptors (Lipinski definition) is 6. The molecule has 1 aromatic heterocycles. The van der Waals surface area contributed by atoms with E-state index >= 15 is 0 Å². The Morgan fingerprint density at radius 3 is 2.27 bits per heavy atom. The van der Waals surface area contributed by atoms with Gasteiger partial charge in [-0.1, -0.05) is 17.4 Å². The second-order valence-corrected chi connectivity index (χ2v) is 6.17. The van der Waals surface area contributed by atoms with Crippen molar-refractivity contribution in [1.29, 1.82) is 0 Å². The number of ketones is 1. The number of carbonyl (C=O) groups excluding carboxylic acids is 1. The monoisotopic (exact) mass is 375 g/mol. The Morgan fingerprint density at radius 1 is 1.08 bits per heavy atom. The summed E-state index contributed by atoms with van der Waals surface area (Å²) in [5, 5.41) is 12.0. The number of nitrogen functional groups attached to an aromatic ring is 1. The van der Waals surface area contributed by atoms with Crippen molar-refractivity contribution in [2.24, 2.45) is 0 Å². The van der Waals surface area contributed by atoms with Gasteiger partial charge in [0.25, 0.3) is 0 Å². The van der Waals surface area contributed by atoms with Crippen LogP contribution in [0.3, 0.4) is 0 Å². The van der Waals surface area contributed by atoms with Crippen molar-refractivity contribution in [1.82, 2.24) is 4.98 Å². The molecule has 26 heavy (non-hydrogen) atoms. The van der Waals surface area contributed by atoms with E-state index in [1.165, 1.54) is 24.3 Å². The Kier molecular flexibility index (Phi) is 4.63. The minimum atomic E-state index is -1.06. The second kappa shape index (κ2) is 6.89. The number of thiazole rings is 1. The van der Waals surface area contributed by atoms with E-state index in [0.29, 0.717) is 5.69 Å². The third-order valence-electron chi connectivity index (χ3n) is 3.43. The van der Waals surface area contributed by atoms with Gasteiger partial charge in [0.05, 0.1) is 11.1 Å². The molecular weight excluding hydrogens is 364 g/mol. The standard InChI is InChI=1S/C17H11F2N3O3S/c18-10-2-1-3-11(19)12(10)13(23)14-15(20)22-17(26-14)21-9-6-4-8(5-7-9)16(24)25/h1-7H,20H2,(H,21,22)(H,24,25). The summed E-state index contributed by atoms with van der Waals surface area (Å²) in [6.45, 7) is 0. The van der Waals surface area contributed by atoms with Gasteiger partial charge in [0.1, 0.15) is 22.3 Å². The summed E-state index contributed by atoms with van der Waals surface area (Å²) < 4.78 is 27.6. The van der Waals surface area contributed by atoms with E-state index < -0.39 is 29.0 Å². The number of rotatable bonds is 5. The molecule has 3 aromatic rings. The fourth-order valence-electron chi connectivity index (χ4n) is 2.20. The molecule has 6 nitrogen and oxygen atoms in total. The first-order valence-corrected chi connectivity index (χ1v) is 8.04. The molecule has 0 aliphatic carbocycles. The molecule has 0 saturated carbocycles. The lowest BCUT2D eigenvalue weighted by Crippen LogP contribution is -2.07. The Hall–Kier alpha value is -3.33. The maximum atomic E-state index is 13.8. The largest absolute Gasteiger partial charge is 0.478 e. The van der Waals surface area contributed by atoms with Crippen molar-refractivity contribution in [3.05, 3.63) is 70.1 Å². The van der Waals surface area contributed by atoms with Crippen molar-refractivity contribution < 1.29 is 23.5 Å². The van der Waals surface area contributed by atoms with E-state index in [1.807, 2.05) is 0 Å². The van der Waals surface area contributed by atoms with E-state index in [1.54, 1.807) is 0 Å². The molecule has 0 fully saturated rings. The topological polar surface area (TPSA) is 105 Å². The van der Waals surface area contributed by atoms with Gasteiger partial charge in [-0.25, -0.2) is 18.6 Å². The molecule has 0 amide bonds. The van der Waals surface area contributed by atoms with Crippen LogP contribution < -0.4 is 11.1 Å². The summed E-state index contributed by atoms with van der Waals surface area (Å²) in [5.74, 6) is -4.09. The minimum Gasteiger partial charge on any atom is -0.478 e. The summed E-state index contributed by atoms with van der Waals surface area (Å²) in [5.41, 5.74) is 5.64. The fourth-order valence-corrected chi connectivity index (χ4v) is 3.05. The van der Waals surface area contributed by atoms with Crippen LogP contribution in [0.4, 0.5) is 25.4 Å². The first-order chi connectivity index (χ1) is 12.4. The van der Waals surface area contributed by atoms with E-state index in [9.17, 15) is 18.4 Å². The highest BCUT2D eigenvalue weighted by molar-refractivity contribution is 7.18. The van der Waals surface area contributed by atoms with Gasteiger partial charge in [0.15, 0.2) is 5.13 Å². The van der Waals surface area contributed by atoms with Crippen molar-refractivity contribution >= 4 is 39.7 Å². The minimum absolute atomic E-state index is 0.0985. The molecule has 0 aliphatic heterocycles. The van der Waals surface area contributed by atoms with Gasteiger partial charge in [-0.3, -0.25) is 4.79 Å². The summed E-state index contributed by atoms with van der Waals surface area (Å²) in [4.78, 5) is 27.1. The number of benzene rings is 2. The molecule has 0 radical (unpaired) electrons. The summed E-state index contributed by atoms with van der Waals surface area (Å²) in [6.07, 6.45) is 0. The predicted octanol–water partition coefficient (Wildman–Crippen LogP) is 3.68. The molecule has 4 N–H and O–H groups in total. The van der Waals surface area contributed by atoms with Gasteiger partial charge in [0.2, 0.25) is 5.78 Å². The van der Waals surface area contributed by atoms with Crippen LogP contribution in [0.25, 0.3) is 0 Å². The number of halogens is 2. The Labute approximate surface area is 149 Å². The van der Waals surface area contributed by atoms with E-state index in [2.05, 4.69) is 10.3 Å². The molecule has 0 spiro atoms. The lowest BCUT2D eigenvalue weighted by Gasteiger charge is -2.03. The smallest absolute Gasteiger partial charge is 0.335 e. The van der Waals surface area contributed by atoms with Crippen LogP contribution in [0.2, 0.25) is 0 Å². The van der Waals surface area contributed by atoms with Gasteiger partial charge in [-0.15, -0.1) is 0 Å². The Balaban J connectivity index is 1.87. The summed E-state index contributed by atoms with van der Waals surface area (Å²) in [7, 11) is 0. The van der Waals surface area contributed by atoms with Crippen molar-refractivity contribution in [3.63, 3.8) is 0 Å². The van der Waals surface area contributed by atoms with Crippen LogP contribution in [0, 0.1) is 11.6 Å². The average Bonchev–Trinajstić information content (AvgIpc) is 2.95. The quantitative estimate of drug-likeness (QED) is 0.588. The van der Waals surface area contributed by atoms with Gasteiger partial charge in [-0.05, 0) is 36.4 Å². The van der Waals surface area contributed by atoms with E-state index in [-0.39, 0.29) is 21.4 Å². The van der Waals surface area contributed by atoms with Crippen LogP contribution in [0.1, 0.15) is 25.6 Å².